The molecular weight excluding hydrogens is 297 g/mol. The fraction of sp³-hybridized carbons (Fsp3) is 0.500. The first kappa shape index (κ1) is 14.0. The Kier molecular flexibility index (Phi) is 3.80. The lowest BCUT2D eigenvalue weighted by atomic mass is 10.0. The van der Waals surface area contributed by atoms with Gasteiger partial charge in [0.1, 0.15) is 6.17 Å². The molecule has 2 aliphatic rings. The van der Waals surface area contributed by atoms with Gasteiger partial charge in [-0.1, -0.05) is 23.2 Å². The quantitative estimate of drug-likeness (QED) is 0.865. The normalized spacial score (nSPS) is 22.4. The van der Waals surface area contributed by atoms with Crippen molar-refractivity contribution in [1.29, 1.82) is 0 Å². The van der Waals surface area contributed by atoms with Crippen LogP contribution in [0.15, 0.2) is 12.1 Å². The number of nitrogens with zero attached hydrogens (tertiary/aromatic N) is 2. The molecule has 0 aliphatic carbocycles. The van der Waals surface area contributed by atoms with Crippen molar-refractivity contribution in [2.45, 2.75) is 19.5 Å². The number of carbonyl (C=O) groups is 1. The monoisotopic (exact) mass is 313 g/mol. The number of benzene rings is 1. The Balaban J connectivity index is 2.16. The van der Waals surface area contributed by atoms with E-state index in [9.17, 15) is 4.79 Å². The average molecular weight is 314 g/mol. The van der Waals surface area contributed by atoms with Crippen molar-refractivity contribution < 1.29 is 4.79 Å². The molecule has 0 unspecified atom stereocenters. The zero-order chi connectivity index (χ0) is 14.3. The number of hydrogen-bond donors (Lipinski definition) is 1. The molecule has 0 radical (unpaired) electrons. The highest BCUT2D eigenvalue weighted by atomic mass is 35.5. The third kappa shape index (κ3) is 2.16. The van der Waals surface area contributed by atoms with E-state index in [4.69, 9.17) is 23.2 Å². The second kappa shape index (κ2) is 5.43. The van der Waals surface area contributed by atoms with E-state index in [1.54, 1.807) is 6.07 Å². The summed E-state index contributed by atoms with van der Waals surface area (Å²) < 4.78 is 0. The summed E-state index contributed by atoms with van der Waals surface area (Å²) in [5, 5.41) is 4.39. The van der Waals surface area contributed by atoms with E-state index >= 15 is 0 Å². The molecule has 0 saturated carbocycles. The first-order chi connectivity index (χ1) is 9.63. The molecule has 4 nitrogen and oxygen atoms in total. The summed E-state index contributed by atoms with van der Waals surface area (Å²) in [7, 11) is 0. The van der Waals surface area contributed by atoms with E-state index in [-0.39, 0.29) is 12.1 Å². The highest BCUT2D eigenvalue weighted by Gasteiger charge is 2.38. The molecule has 1 amide bonds. The number of fused-ring (bicyclic) bond motifs is 3. The number of hydrogen-bond acceptors (Lipinski definition) is 3. The molecule has 6 heteroatoms. The van der Waals surface area contributed by atoms with Crippen LogP contribution in [0.2, 0.25) is 10.0 Å². The van der Waals surface area contributed by atoms with Crippen LogP contribution in [-0.4, -0.2) is 43.2 Å². The summed E-state index contributed by atoms with van der Waals surface area (Å²) in [6.45, 7) is 5.33. The van der Waals surface area contributed by atoms with E-state index in [0.717, 1.165) is 31.7 Å². The molecule has 2 heterocycles. The molecule has 1 atom stereocenters. The Morgan fingerprint density at radius 2 is 2.15 bits per heavy atom. The summed E-state index contributed by atoms with van der Waals surface area (Å²) in [5.74, 6) is 0.00677. The molecule has 0 aromatic heterocycles. The first-order valence-corrected chi connectivity index (χ1v) is 7.66. The number of rotatable bonds is 1. The molecule has 1 aromatic carbocycles. The van der Waals surface area contributed by atoms with Crippen LogP contribution in [0.4, 0.5) is 5.69 Å². The van der Waals surface area contributed by atoms with Gasteiger partial charge in [0.2, 0.25) is 0 Å². The third-order valence-electron chi connectivity index (χ3n) is 3.99. The smallest absolute Gasteiger partial charge is 0.259 e. The Bertz CT molecular complexity index is 549. The van der Waals surface area contributed by atoms with Crippen LogP contribution in [0.3, 0.4) is 0 Å². The number of carbonyl (C=O) groups excluding carboxylic acids is 1. The highest BCUT2D eigenvalue weighted by molar-refractivity contribution is 6.38. The lowest BCUT2D eigenvalue weighted by Crippen LogP contribution is -2.55. The van der Waals surface area contributed by atoms with Crippen LogP contribution in [0.1, 0.15) is 23.7 Å². The molecule has 0 spiro atoms. The van der Waals surface area contributed by atoms with Gasteiger partial charge in [0, 0.05) is 24.7 Å². The minimum absolute atomic E-state index is 0.00677. The average Bonchev–Trinajstić information content (AvgIpc) is 2.64. The van der Waals surface area contributed by atoms with Gasteiger partial charge in [-0.05, 0) is 32.0 Å². The van der Waals surface area contributed by atoms with Crippen molar-refractivity contribution in [2.75, 3.05) is 31.1 Å². The standard InChI is InChI=1S/C14H17Cl2N3O/c1-2-18-12-3-4-17-5-6-19(12)11-8-9(15)7-10(16)13(11)14(18)20/h7-8,12,17H,2-6H2,1H3/t12-/m0/s1. The Morgan fingerprint density at radius 1 is 1.35 bits per heavy atom. The van der Waals surface area contributed by atoms with Crippen molar-refractivity contribution in [1.82, 2.24) is 10.2 Å². The summed E-state index contributed by atoms with van der Waals surface area (Å²) in [4.78, 5) is 16.8. The van der Waals surface area contributed by atoms with Crippen LogP contribution in [-0.2, 0) is 0 Å². The highest BCUT2D eigenvalue weighted by Crippen LogP contribution is 2.38. The molecule has 108 valence electrons. The molecule has 3 rings (SSSR count). The predicted octanol–water partition coefficient (Wildman–Crippen LogP) is 2.59. The second-order valence-corrected chi connectivity index (χ2v) is 5.93. The molecule has 1 aromatic rings. The van der Waals surface area contributed by atoms with Gasteiger partial charge in [0.15, 0.2) is 0 Å². The van der Waals surface area contributed by atoms with Gasteiger partial charge in [0.05, 0.1) is 16.3 Å². The van der Waals surface area contributed by atoms with Gasteiger partial charge in [-0.25, -0.2) is 0 Å². The molecule has 20 heavy (non-hydrogen) atoms. The molecule has 2 aliphatic heterocycles. The molecule has 0 bridgehead atoms. The van der Waals surface area contributed by atoms with Crippen molar-refractivity contribution in [3.05, 3.63) is 27.7 Å². The van der Waals surface area contributed by atoms with Gasteiger partial charge in [-0.3, -0.25) is 4.79 Å². The van der Waals surface area contributed by atoms with Gasteiger partial charge in [0.25, 0.3) is 5.91 Å². The zero-order valence-corrected chi connectivity index (χ0v) is 12.8. The lowest BCUT2D eigenvalue weighted by molar-refractivity contribution is 0.0660. The van der Waals surface area contributed by atoms with Crippen LogP contribution in [0.5, 0.6) is 0 Å². The van der Waals surface area contributed by atoms with Gasteiger partial charge in [-0.15, -0.1) is 0 Å². The fourth-order valence-electron chi connectivity index (χ4n) is 3.10. The van der Waals surface area contributed by atoms with Crippen molar-refractivity contribution in [2.24, 2.45) is 0 Å². The molecular formula is C14H17Cl2N3O. The van der Waals surface area contributed by atoms with Crippen LogP contribution >= 0.6 is 23.2 Å². The zero-order valence-electron chi connectivity index (χ0n) is 11.3. The third-order valence-corrected chi connectivity index (χ3v) is 4.50. The lowest BCUT2D eigenvalue weighted by Gasteiger charge is -2.44. The van der Waals surface area contributed by atoms with Crippen molar-refractivity contribution in [3.8, 4) is 0 Å². The summed E-state index contributed by atoms with van der Waals surface area (Å²) in [6, 6.07) is 3.50. The molecule has 1 fully saturated rings. The molecule has 1 N–H and O–H groups in total. The maximum atomic E-state index is 12.7. The van der Waals surface area contributed by atoms with Crippen LogP contribution < -0.4 is 10.2 Å². The first-order valence-electron chi connectivity index (χ1n) is 6.91. The van der Waals surface area contributed by atoms with Gasteiger partial charge < -0.3 is 15.1 Å². The SMILES string of the molecule is CCN1C(=O)c2c(Cl)cc(Cl)cc2N2CCNCC[C@@H]12. The second-order valence-electron chi connectivity index (χ2n) is 5.09. The van der Waals surface area contributed by atoms with Crippen molar-refractivity contribution >= 4 is 34.8 Å². The Morgan fingerprint density at radius 3 is 2.90 bits per heavy atom. The van der Waals surface area contributed by atoms with E-state index in [1.165, 1.54) is 0 Å². The largest absolute Gasteiger partial charge is 0.349 e. The van der Waals surface area contributed by atoms with Gasteiger partial charge in [-0.2, -0.15) is 0 Å². The Labute approximate surface area is 128 Å². The van der Waals surface area contributed by atoms with E-state index in [0.29, 0.717) is 22.2 Å². The molecule has 1 saturated heterocycles. The number of nitrogens with one attached hydrogen (secondary N) is 1. The summed E-state index contributed by atoms with van der Waals surface area (Å²) in [6.07, 6.45) is 0.993. The topological polar surface area (TPSA) is 35.6 Å². The fourth-order valence-corrected chi connectivity index (χ4v) is 3.66. The van der Waals surface area contributed by atoms with Crippen LogP contribution in [0, 0.1) is 0 Å². The minimum atomic E-state index is 0.00677. The van der Waals surface area contributed by atoms with E-state index in [2.05, 4.69) is 10.2 Å². The Hall–Kier alpha value is -0.970. The summed E-state index contributed by atoms with van der Waals surface area (Å²) in [5.41, 5.74) is 1.45. The van der Waals surface area contributed by atoms with E-state index < -0.39 is 0 Å². The van der Waals surface area contributed by atoms with Gasteiger partial charge >= 0.3 is 0 Å². The minimum Gasteiger partial charge on any atom is -0.349 e. The van der Waals surface area contributed by atoms with E-state index in [1.807, 2.05) is 17.9 Å². The summed E-state index contributed by atoms with van der Waals surface area (Å²) >= 11 is 12.4. The van der Waals surface area contributed by atoms with Crippen LogP contribution in [0.25, 0.3) is 0 Å². The predicted molar refractivity (Wildman–Crippen MR) is 81.8 cm³/mol. The number of halogens is 2. The number of amides is 1. The van der Waals surface area contributed by atoms with Crippen molar-refractivity contribution in [3.63, 3.8) is 0 Å². The maximum absolute atomic E-state index is 12.7. The maximum Gasteiger partial charge on any atom is 0.259 e. The number of anilines is 1.